The van der Waals surface area contributed by atoms with Gasteiger partial charge in [0.25, 0.3) is 12.4 Å². The van der Waals surface area contributed by atoms with Gasteiger partial charge in [-0.25, -0.2) is 5.84 Å². The SMILES string of the molecule is N/C(=C\N(N)c1ccc2c(c1)OCO2)C(=O)NC1c2cc3c(cc2CCC1COC=O)OCO3. The Morgan fingerprint density at radius 2 is 1.79 bits per heavy atom. The predicted molar refractivity (Wildman–Crippen MR) is 119 cm³/mol. The van der Waals surface area contributed by atoms with Crippen LogP contribution in [0.1, 0.15) is 23.6 Å². The van der Waals surface area contributed by atoms with E-state index >= 15 is 0 Å². The Bertz CT molecular complexity index is 1150. The molecular formula is C23H24N4O7. The third-order valence-corrected chi connectivity index (χ3v) is 6.08. The molecule has 0 bridgehead atoms. The van der Waals surface area contributed by atoms with Crippen molar-refractivity contribution in [1.82, 2.24) is 5.32 Å². The summed E-state index contributed by atoms with van der Waals surface area (Å²) in [6.45, 7) is 0.850. The number of nitrogens with zero attached hydrogens (tertiary/aromatic N) is 1. The van der Waals surface area contributed by atoms with E-state index in [2.05, 4.69) is 5.32 Å². The Morgan fingerprint density at radius 1 is 1.09 bits per heavy atom. The Kier molecular flexibility index (Phi) is 5.76. The highest BCUT2D eigenvalue weighted by molar-refractivity contribution is 5.93. The van der Waals surface area contributed by atoms with Gasteiger partial charge >= 0.3 is 0 Å². The molecule has 2 aromatic carbocycles. The van der Waals surface area contributed by atoms with E-state index in [1.807, 2.05) is 12.1 Å². The van der Waals surface area contributed by atoms with E-state index in [9.17, 15) is 9.59 Å². The minimum atomic E-state index is -0.511. The molecular weight excluding hydrogens is 444 g/mol. The summed E-state index contributed by atoms with van der Waals surface area (Å²) in [7, 11) is 0. The van der Waals surface area contributed by atoms with Gasteiger partial charge in [0.1, 0.15) is 5.70 Å². The van der Waals surface area contributed by atoms with Crippen LogP contribution >= 0.6 is 0 Å². The van der Waals surface area contributed by atoms with Gasteiger partial charge in [-0.2, -0.15) is 0 Å². The number of benzene rings is 2. The molecule has 2 unspecified atom stereocenters. The van der Waals surface area contributed by atoms with Crippen LogP contribution in [0.2, 0.25) is 0 Å². The van der Waals surface area contributed by atoms with Crippen molar-refractivity contribution in [2.75, 3.05) is 25.2 Å². The second-order valence-electron chi connectivity index (χ2n) is 8.11. The number of hydrogen-bond donors (Lipinski definition) is 3. The fourth-order valence-electron chi connectivity index (χ4n) is 4.36. The Labute approximate surface area is 195 Å². The molecule has 1 aliphatic carbocycles. The molecule has 5 N–H and O–H groups in total. The molecule has 11 heteroatoms. The molecule has 0 fully saturated rings. The van der Waals surface area contributed by atoms with Crippen molar-refractivity contribution < 1.29 is 33.3 Å². The van der Waals surface area contributed by atoms with Crippen molar-refractivity contribution in [2.45, 2.75) is 18.9 Å². The summed E-state index contributed by atoms with van der Waals surface area (Å²) < 4.78 is 26.7. The predicted octanol–water partition coefficient (Wildman–Crippen LogP) is 1.22. The minimum Gasteiger partial charge on any atom is -0.468 e. The van der Waals surface area contributed by atoms with Crippen molar-refractivity contribution in [2.24, 2.45) is 17.5 Å². The number of anilines is 1. The third-order valence-electron chi connectivity index (χ3n) is 6.08. The number of hydrogen-bond acceptors (Lipinski definition) is 10. The third kappa shape index (κ3) is 4.13. The highest BCUT2D eigenvalue weighted by Crippen LogP contribution is 2.42. The minimum absolute atomic E-state index is 0.0944. The number of nitrogens with two attached hydrogens (primary N) is 2. The molecule has 5 rings (SSSR count). The first-order chi connectivity index (χ1) is 16.5. The smallest absolute Gasteiger partial charge is 0.293 e. The summed E-state index contributed by atoms with van der Waals surface area (Å²) >= 11 is 0. The number of amides is 1. The number of rotatable bonds is 7. The maximum atomic E-state index is 13.0. The summed E-state index contributed by atoms with van der Waals surface area (Å²) in [6, 6.07) is 8.47. The molecule has 0 saturated heterocycles. The molecule has 1 amide bonds. The second-order valence-corrected chi connectivity index (χ2v) is 8.11. The monoisotopic (exact) mass is 468 g/mol. The first-order valence-corrected chi connectivity index (χ1v) is 10.7. The zero-order valence-corrected chi connectivity index (χ0v) is 18.2. The van der Waals surface area contributed by atoms with Crippen molar-refractivity contribution in [1.29, 1.82) is 0 Å². The molecule has 34 heavy (non-hydrogen) atoms. The molecule has 0 aromatic heterocycles. The van der Waals surface area contributed by atoms with E-state index in [4.69, 9.17) is 35.3 Å². The number of hydrazine groups is 1. The zero-order valence-electron chi connectivity index (χ0n) is 18.2. The van der Waals surface area contributed by atoms with Gasteiger partial charge in [0.05, 0.1) is 18.3 Å². The molecule has 178 valence electrons. The van der Waals surface area contributed by atoms with Gasteiger partial charge in [-0.1, -0.05) is 0 Å². The van der Waals surface area contributed by atoms with Gasteiger partial charge in [-0.15, -0.1) is 0 Å². The molecule has 0 radical (unpaired) electrons. The van der Waals surface area contributed by atoms with Crippen LogP contribution in [0, 0.1) is 5.92 Å². The lowest BCUT2D eigenvalue weighted by Gasteiger charge is -2.34. The summed E-state index contributed by atoms with van der Waals surface area (Å²) in [4.78, 5) is 23.8. The summed E-state index contributed by atoms with van der Waals surface area (Å²) in [6.07, 6.45) is 2.78. The van der Waals surface area contributed by atoms with Gasteiger partial charge < -0.3 is 34.7 Å². The lowest BCUT2D eigenvalue weighted by atomic mass is 9.79. The van der Waals surface area contributed by atoms with Crippen LogP contribution in [0.15, 0.2) is 42.2 Å². The van der Waals surface area contributed by atoms with Crippen molar-refractivity contribution in [3.8, 4) is 23.0 Å². The highest BCUT2D eigenvalue weighted by atomic mass is 16.7. The lowest BCUT2D eigenvalue weighted by Crippen LogP contribution is -2.41. The van der Waals surface area contributed by atoms with Crippen molar-refractivity contribution in [3.05, 3.63) is 53.4 Å². The number of carbonyl (C=O) groups is 2. The van der Waals surface area contributed by atoms with E-state index in [-0.39, 0.29) is 31.8 Å². The molecule has 2 aromatic rings. The summed E-state index contributed by atoms with van der Waals surface area (Å²) in [5.74, 6) is 7.90. The molecule has 2 heterocycles. The second kappa shape index (κ2) is 9.02. The highest BCUT2D eigenvalue weighted by Gasteiger charge is 2.34. The van der Waals surface area contributed by atoms with Gasteiger partial charge in [0.15, 0.2) is 23.0 Å². The molecule has 0 saturated carbocycles. The molecule has 2 aliphatic heterocycles. The normalized spacial score (nSPS) is 19.9. The number of aryl methyl sites for hydroxylation is 1. The molecule has 3 aliphatic rings. The van der Waals surface area contributed by atoms with E-state index in [0.717, 1.165) is 17.5 Å². The Balaban J connectivity index is 1.36. The lowest BCUT2D eigenvalue weighted by molar-refractivity contribution is -0.130. The van der Waals surface area contributed by atoms with E-state index in [1.54, 1.807) is 18.2 Å². The van der Waals surface area contributed by atoms with Crippen molar-refractivity contribution >= 4 is 18.1 Å². The van der Waals surface area contributed by atoms with Crippen molar-refractivity contribution in [3.63, 3.8) is 0 Å². The first kappa shape index (κ1) is 21.7. The standard InChI is InChI=1S/C23H24N4O7/c24-17(8-27(25)15-3-4-18-20(6-15)33-11-31-18)23(29)26-22-14(9-30-10-28)2-1-13-5-19-21(7-16(13)22)34-12-32-19/h3-8,10,14,22H,1-2,9,11-12,24-25H2,(H,26,29)/b17-8-. The van der Waals surface area contributed by atoms with E-state index < -0.39 is 11.9 Å². The average molecular weight is 468 g/mol. The van der Waals surface area contributed by atoms with Gasteiger partial charge in [-0.3, -0.25) is 14.6 Å². The first-order valence-electron chi connectivity index (χ1n) is 10.7. The molecule has 0 spiro atoms. The number of carbonyl (C=O) groups excluding carboxylic acids is 2. The van der Waals surface area contributed by atoms with Crippen LogP contribution in [0.25, 0.3) is 0 Å². The zero-order chi connectivity index (χ0) is 23.7. The van der Waals surface area contributed by atoms with Gasteiger partial charge in [0, 0.05) is 18.2 Å². The van der Waals surface area contributed by atoms with Gasteiger partial charge in [0.2, 0.25) is 13.6 Å². The summed E-state index contributed by atoms with van der Waals surface area (Å²) in [5.41, 5.74) is 8.45. The average Bonchev–Trinajstić information content (AvgIpc) is 3.50. The number of ether oxygens (including phenoxy) is 5. The van der Waals surface area contributed by atoms with Crippen LogP contribution in [-0.4, -0.2) is 32.6 Å². The largest absolute Gasteiger partial charge is 0.468 e. The molecule has 11 nitrogen and oxygen atoms in total. The topological polar surface area (TPSA) is 148 Å². The van der Waals surface area contributed by atoms with E-state index in [1.165, 1.54) is 11.2 Å². The summed E-state index contributed by atoms with van der Waals surface area (Å²) in [5, 5.41) is 4.20. The van der Waals surface area contributed by atoms with Crippen LogP contribution in [0.4, 0.5) is 5.69 Å². The van der Waals surface area contributed by atoms with Gasteiger partial charge in [-0.05, 0) is 48.2 Å². The van der Waals surface area contributed by atoms with Crippen LogP contribution in [0.3, 0.4) is 0 Å². The quantitative estimate of drug-likeness (QED) is 0.234. The van der Waals surface area contributed by atoms with E-state index in [0.29, 0.717) is 41.6 Å². The number of fused-ring (bicyclic) bond motifs is 3. The Hall–Kier alpha value is -4.12. The fourth-order valence-corrected chi connectivity index (χ4v) is 4.36. The molecule has 2 atom stereocenters. The maximum Gasteiger partial charge on any atom is 0.293 e. The Morgan fingerprint density at radius 3 is 2.56 bits per heavy atom. The van der Waals surface area contributed by atoms with Crippen LogP contribution in [-0.2, 0) is 20.7 Å². The van der Waals surface area contributed by atoms with Crippen LogP contribution < -0.4 is 40.8 Å². The number of nitrogens with one attached hydrogen (secondary N) is 1. The maximum absolute atomic E-state index is 13.0. The van der Waals surface area contributed by atoms with Crippen LogP contribution in [0.5, 0.6) is 23.0 Å². The fraction of sp³-hybridized carbons (Fsp3) is 0.304.